The zero-order valence-electron chi connectivity index (χ0n) is 17.8. The number of benzene rings is 1. The van der Waals surface area contributed by atoms with Crippen molar-refractivity contribution in [3.63, 3.8) is 0 Å². The van der Waals surface area contributed by atoms with Crippen LogP contribution in [0.3, 0.4) is 0 Å². The van der Waals surface area contributed by atoms with Gasteiger partial charge in [0.25, 0.3) is 0 Å². The maximum absolute atomic E-state index is 12.4. The van der Waals surface area contributed by atoms with Crippen LogP contribution in [0.4, 0.5) is 0 Å². The van der Waals surface area contributed by atoms with Gasteiger partial charge in [0.15, 0.2) is 5.84 Å². The molecule has 0 heterocycles. The second-order valence-electron chi connectivity index (χ2n) is 6.80. The van der Waals surface area contributed by atoms with Crippen LogP contribution in [-0.2, 0) is 30.3 Å². The quantitative estimate of drug-likeness (QED) is 0.103. The van der Waals surface area contributed by atoms with E-state index < -0.39 is 18.0 Å². The molecule has 1 aromatic rings. The van der Waals surface area contributed by atoms with Crippen molar-refractivity contribution in [3.8, 4) is 0 Å². The Hall–Kier alpha value is -3.51. The number of nitrogens with two attached hydrogens (primary N) is 2. The number of hydrogen-bond donors (Lipinski definition) is 5. The zero-order chi connectivity index (χ0) is 23.9. The fourth-order valence-corrected chi connectivity index (χ4v) is 2.35. The summed E-state index contributed by atoms with van der Waals surface area (Å²) in [5, 5.41) is 27.6. The van der Waals surface area contributed by atoms with Gasteiger partial charge in [-0.15, -0.1) is 10.2 Å². The monoisotopic (exact) mass is 451 g/mol. The molecule has 12 heteroatoms. The molecule has 0 bridgehead atoms. The van der Waals surface area contributed by atoms with Crippen LogP contribution in [0.15, 0.2) is 34.5 Å². The lowest BCUT2D eigenvalue weighted by Gasteiger charge is -2.19. The first-order chi connectivity index (χ1) is 15.2. The van der Waals surface area contributed by atoms with Crippen molar-refractivity contribution in [2.45, 2.75) is 32.2 Å². The topological polar surface area (TPSA) is 199 Å². The number of rotatable bonds is 15. The summed E-state index contributed by atoms with van der Waals surface area (Å²) >= 11 is 0. The number of nitrogens with one attached hydrogen (secondary N) is 1. The molecule has 0 unspecified atom stereocenters. The summed E-state index contributed by atoms with van der Waals surface area (Å²) in [6, 6.07) is 6.27. The van der Waals surface area contributed by atoms with Crippen molar-refractivity contribution in [2.24, 2.45) is 21.7 Å². The molecule has 0 aliphatic rings. The third-order valence-electron chi connectivity index (χ3n) is 3.85. The summed E-state index contributed by atoms with van der Waals surface area (Å²) in [7, 11) is 0. The minimum Gasteiger partial charge on any atom is -0.481 e. The third-order valence-corrected chi connectivity index (χ3v) is 3.85. The summed E-state index contributed by atoms with van der Waals surface area (Å²) < 4.78 is 10.6. The second-order valence-corrected chi connectivity index (χ2v) is 6.80. The molecule has 12 nitrogen and oxygen atoms in total. The van der Waals surface area contributed by atoms with Gasteiger partial charge in [0.05, 0.1) is 51.7 Å². The Labute approximate surface area is 185 Å². The van der Waals surface area contributed by atoms with E-state index in [9.17, 15) is 14.4 Å². The van der Waals surface area contributed by atoms with Crippen LogP contribution in [0.2, 0.25) is 0 Å². The van der Waals surface area contributed by atoms with Crippen molar-refractivity contribution in [2.75, 3.05) is 26.4 Å². The number of hydrogen-bond acceptors (Lipinski definition) is 7. The Bertz CT molecular complexity index is 798. The number of aliphatic carboxylic acids is 2. The first-order valence-electron chi connectivity index (χ1n) is 9.78. The van der Waals surface area contributed by atoms with Crippen molar-refractivity contribution in [1.82, 2.24) is 5.32 Å². The second kappa shape index (κ2) is 14.5. The SMILES string of the molecule is C/C(N)=N/N=C(\N)c1ccc(CC(=O)NC(COCCC(=O)O)COCCC(=O)O)cc1. The molecule has 1 amide bonds. The van der Waals surface area contributed by atoms with Gasteiger partial charge in [0.1, 0.15) is 5.84 Å². The molecule has 0 saturated carbocycles. The maximum Gasteiger partial charge on any atom is 0.305 e. The van der Waals surface area contributed by atoms with Crippen LogP contribution in [0.5, 0.6) is 0 Å². The number of carbonyl (C=O) groups is 3. The van der Waals surface area contributed by atoms with Gasteiger partial charge >= 0.3 is 11.9 Å². The normalized spacial score (nSPS) is 12.1. The van der Waals surface area contributed by atoms with Crippen LogP contribution >= 0.6 is 0 Å². The highest BCUT2D eigenvalue weighted by Gasteiger charge is 2.14. The number of ether oxygens (including phenoxy) is 2. The Morgan fingerprint density at radius 2 is 1.50 bits per heavy atom. The summed E-state index contributed by atoms with van der Waals surface area (Å²) in [4.78, 5) is 33.6. The molecule has 0 atom stereocenters. The van der Waals surface area contributed by atoms with Crippen LogP contribution in [-0.4, -0.2) is 72.2 Å². The predicted octanol–water partition coefficient (Wildman–Crippen LogP) is -0.306. The number of amidine groups is 2. The number of amides is 1. The molecule has 0 aromatic heterocycles. The van der Waals surface area contributed by atoms with Gasteiger partial charge in [-0.2, -0.15) is 0 Å². The summed E-state index contributed by atoms with van der Waals surface area (Å²) in [6.07, 6.45) is -0.275. The van der Waals surface area contributed by atoms with Crippen LogP contribution < -0.4 is 16.8 Å². The minimum atomic E-state index is -0.998. The van der Waals surface area contributed by atoms with Crippen molar-refractivity contribution in [1.29, 1.82) is 0 Å². The lowest BCUT2D eigenvalue weighted by molar-refractivity contribution is -0.139. The van der Waals surface area contributed by atoms with Crippen LogP contribution in [0, 0.1) is 0 Å². The average Bonchev–Trinajstić information content (AvgIpc) is 2.72. The van der Waals surface area contributed by atoms with Gasteiger partial charge in [0, 0.05) is 5.56 Å². The van der Waals surface area contributed by atoms with Crippen molar-refractivity contribution >= 4 is 29.5 Å². The Morgan fingerprint density at radius 3 is 1.97 bits per heavy atom. The first kappa shape index (κ1) is 26.5. The highest BCUT2D eigenvalue weighted by molar-refractivity contribution is 5.97. The zero-order valence-corrected chi connectivity index (χ0v) is 17.8. The number of nitrogens with zero attached hydrogens (tertiary/aromatic N) is 2. The van der Waals surface area contributed by atoms with E-state index in [0.29, 0.717) is 5.56 Å². The average molecular weight is 451 g/mol. The summed E-state index contributed by atoms with van der Waals surface area (Å²) in [5.41, 5.74) is 12.6. The molecular weight excluding hydrogens is 422 g/mol. The van der Waals surface area contributed by atoms with Gasteiger partial charge < -0.3 is 36.5 Å². The fraction of sp³-hybridized carbons (Fsp3) is 0.450. The third kappa shape index (κ3) is 12.2. The molecule has 0 saturated heterocycles. The molecule has 1 aromatic carbocycles. The minimum absolute atomic E-state index is 0.0189. The molecule has 0 spiro atoms. The Kier molecular flexibility index (Phi) is 12.0. The summed E-state index contributed by atoms with van der Waals surface area (Å²) in [6.45, 7) is 1.60. The van der Waals surface area contributed by atoms with Gasteiger partial charge in [0.2, 0.25) is 5.91 Å². The van der Waals surface area contributed by atoms with E-state index in [4.69, 9.17) is 31.2 Å². The standard InChI is InChI=1S/C20H29N5O7/c1-13(21)24-25-20(22)15-4-2-14(3-5-15)10-17(26)23-16(11-31-8-6-18(27)28)12-32-9-7-19(29)30/h2-5,16H,6-12H2,1H3,(H2,21,24)(H2,22,25)(H,23,26)(H,27,28)(H,29,30). The molecular formula is C20H29N5O7. The van der Waals surface area contributed by atoms with Crippen molar-refractivity contribution < 1.29 is 34.1 Å². The predicted molar refractivity (Wildman–Crippen MR) is 116 cm³/mol. The van der Waals surface area contributed by atoms with Crippen LogP contribution in [0.25, 0.3) is 0 Å². The van der Waals surface area contributed by atoms with E-state index in [1.807, 2.05) is 0 Å². The Morgan fingerprint density at radius 1 is 0.969 bits per heavy atom. The number of carbonyl (C=O) groups excluding carboxylic acids is 1. The van der Waals surface area contributed by atoms with E-state index >= 15 is 0 Å². The smallest absolute Gasteiger partial charge is 0.305 e. The molecule has 0 aliphatic heterocycles. The molecule has 0 fully saturated rings. The van der Waals surface area contributed by atoms with E-state index in [1.165, 1.54) is 0 Å². The lowest BCUT2D eigenvalue weighted by atomic mass is 10.1. The first-order valence-corrected chi connectivity index (χ1v) is 9.78. The number of carboxylic acids is 2. The number of carboxylic acid groups (broad SMARTS) is 2. The van der Waals surface area contributed by atoms with Gasteiger partial charge in [-0.3, -0.25) is 14.4 Å². The maximum atomic E-state index is 12.4. The van der Waals surface area contributed by atoms with E-state index in [2.05, 4.69) is 15.5 Å². The summed E-state index contributed by atoms with van der Waals surface area (Å²) in [5.74, 6) is -1.85. The fourth-order valence-electron chi connectivity index (χ4n) is 2.35. The molecule has 32 heavy (non-hydrogen) atoms. The van der Waals surface area contributed by atoms with Gasteiger partial charge in [-0.25, -0.2) is 0 Å². The highest BCUT2D eigenvalue weighted by Crippen LogP contribution is 2.06. The molecule has 0 radical (unpaired) electrons. The Balaban J connectivity index is 2.62. The lowest BCUT2D eigenvalue weighted by Crippen LogP contribution is -2.42. The molecule has 7 N–H and O–H groups in total. The highest BCUT2D eigenvalue weighted by atomic mass is 16.5. The van der Waals surface area contributed by atoms with E-state index in [0.717, 1.165) is 5.56 Å². The van der Waals surface area contributed by atoms with Gasteiger partial charge in [-0.05, 0) is 12.5 Å². The molecule has 176 valence electrons. The van der Waals surface area contributed by atoms with Crippen LogP contribution in [0.1, 0.15) is 30.9 Å². The van der Waals surface area contributed by atoms with Crippen molar-refractivity contribution in [3.05, 3.63) is 35.4 Å². The molecule has 0 aliphatic carbocycles. The van der Waals surface area contributed by atoms with E-state index in [-0.39, 0.29) is 63.3 Å². The van der Waals surface area contributed by atoms with E-state index in [1.54, 1.807) is 31.2 Å². The van der Waals surface area contributed by atoms with Gasteiger partial charge in [-0.1, -0.05) is 24.3 Å². The molecule has 1 rings (SSSR count). The largest absolute Gasteiger partial charge is 0.481 e.